The molecule has 0 bridgehead atoms. The van der Waals surface area contributed by atoms with E-state index in [0.29, 0.717) is 0 Å². The monoisotopic (exact) mass is 317 g/mol. The van der Waals surface area contributed by atoms with Gasteiger partial charge in [-0.2, -0.15) is 8.42 Å². The molecule has 1 aliphatic heterocycles. The van der Waals surface area contributed by atoms with Crippen LogP contribution in [0.4, 0.5) is 9.57 Å². The van der Waals surface area contributed by atoms with E-state index in [-0.39, 0.29) is 17.0 Å². The molecule has 0 radical (unpaired) electrons. The second-order valence-electron chi connectivity index (χ2n) is 4.49. The zero-order valence-corrected chi connectivity index (χ0v) is 11.8. The van der Waals surface area contributed by atoms with Crippen molar-refractivity contribution in [1.82, 2.24) is 0 Å². The number of amides is 1. The van der Waals surface area contributed by atoms with Gasteiger partial charge >= 0.3 is 16.2 Å². The van der Waals surface area contributed by atoms with Gasteiger partial charge in [-0.15, -0.1) is 3.89 Å². The summed E-state index contributed by atoms with van der Waals surface area (Å²) < 4.78 is 39.7. The van der Waals surface area contributed by atoms with E-state index in [4.69, 9.17) is 4.74 Å². The van der Waals surface area contributed by atoms with E-state index in [2.05, 4.69) is 0 Å². The van der Waals surface area contributed by atoms with Crippen LogP contribution in [0.2, 0.25) is 0 Å². The molecule has 1 aromatic rings. The maximum atomic E-state index is 13.0. The molecule has 114 valence electrons. The minimum Gasteiger partial charge on any atom is -0.497 e. The van der Waals surface area contributed by atoms with E-state index in [1.165, 1.54) is 25.3 Å². The van der Waals surface area contributed by atoms with Crippen LogP contribution in [-0.2, 0) is 15.0 Å². The SMILES string of the molecule is COc1ccc(N2CC(S(=O)(=O)F)CC2=O)c(C(=O)O)c1. The van der Waals surface area contributed by atoms with Gasteiger partial charge in [-0.1, -0.05) is 0 Å². The second kappa shape index (κ2) is 5.32. The first-order chi connectivity index (χ1) is 9.74. The number of rotatable bonds is 4. The molecule has 7 nitrogen and oxygen atoms in total. The van der Waals surface area contributed by atoms with Crippen LogP contribution in [-0.4, -0.2) is 44.3 Å². The summed E-state index contributed by atoms with van der Waals surface area (Å²) in [5, 5.41) is 7.69. The summed E-state index contributed by atoms with van der Waals surface area (Å²) in [5.41, 5.74) is -0.209. The highest BCUT2D eigenvalue weighted by atomic mass is 32.3. The zero-order chi connectivity index (χ0) is 15.8. The summed E-state index contributed by atoms with van der Waals surface area (Å²) in [6, 6.07) is 3.97. The van der Waals surface area contributed by atoms with Crippen molar-refractivity contribution in [2.45, 2.75) is 11.7 Å². The van der Waals surface area contributed by atoms with Crippen molar-refractivity contribution < 1.29 is 31.7 Å². The highest BCUT2D eigenvalue weighted by molar-refractivity contribution is 7.87. The summed E-state index contributed by atoms with van der Waals surface area (Å²) in [4.78, 5) is 24.0. The molecule has 0 spiro atoms. The van der Waals surface area contributed by atoms with Crippen LogP contribution in [0.1, 0.15) is 16.8 Å². The van der Waals surface area contributed by atoms with Gasteiger partial charge in [0.15, 0.2) is 0 Å². The number of methoxy groups -OCH3 is 1. The third kappa shape index (κ3) is 2.97. The van der Waals surface area contributed by atoms with E-state index in [1.54, 1.807) is 0 Å². The average molecular weight is 317 g/mol. The number of nitrogens with zero attached hydrogens (tertiary/aromatic N) is 1. The summed E-state index contributed by atoms with van der Waals surface area (Å²) in [6.45, 7) is -0.412. The molecule has 1 heterocycles. The van der Waals surface area contributed by atoms with Crippen LogP contribution in [0.25, 0.3) is 0 Å². The lowest BCUT2D eigenvalue weighted by molar-refractivity contribution is -0.117. The summed E-state index contributed by atoms with van der Waals surface area (Å²) in [5.74, 6) is -1.67. The fraction of sp³-hybridized carbons (Fsp3) is 0.333. The normalized spacial score (nSPS) is 18.9. The molecular formula is C12H12FNO6S. The van der Waals surface area contributed by atoms with E-state index in [9.17, 15) is 27.0 Å². The van der Waals surface area contributed by atoms with Crippen LogP contribution < -0.4 is 9.64 Å². The Morgan fingerprint density at radius 2 is 2.14 bits per heavy atom. The Morgan fingerprint density at radius 1 is 1.48 bits per heavy atom. The molecule has 1 N–H and O–H groups in total. The minimum atomic E-state index is -4.86. The van der Waals surface area contributed by atoms with Crippen molar-refractivity contribution in [2.75, 3.05) is 18.6 Å². The van der Waals surface area contributed by atoms with Crippen LogP contribution >= 0.6 is 0 Å². The van der Waals surface area contributed by atoms with Gasteiger partial charge in [0.1, 0.15) is 11.0 Å². The molecule has 2 rings (SSSR count). The van der Waals surface area contributed by atoms with Gasteiger partial charge in [0.05, 0.1) is 18.4 Å². The summed E-state index contributed by atoms with van der Waals surface area (Å²) in [7, 11) is -3.50. The van der Waals surface area contributed by atoms with Crippen LogP contribution in [0.5, 0.6) is 5.75 Å². The maximum Gasteiger partial charge on any atom is 0.337 e. The van der Waals surface area contributed by atoms with Gasteiger partial charge < -0.3 is 14.7 Å². The number of carbonyl (C=O) groups is 2. The number of anilines is 1. The predicted octanol–water partition coefficient (Wildman–Crippen LogP) is 0.798. The molecule has 1 aliphatic rings. The third-order valence-corrected chi connectivity index (χ3v) is 4.32. The van der Waals surface area contributed by atoms with Gasteiger partial charge in [-0.3, -0.25) is 4.79 Å². The lowest BCUT2D eigenvalue weighted by Crippen LogP contribution is -2.28. The molecule has 1 fully saturated rings. The number of hydrogen-bond donors (Lipinski definition) is 1. The van der Waals surface area contributed by atoms with Crippen LogP contribution in [0.15, 0.2) is 18.2 Å². The number of aromatic carboxylic acids is 1. The fourth-order valence-electron chi connectivity index (χ4n) is 2.15. The lowest BCUT2D eigenvalue weighted by Gasteiger charge is -2.19. The number of benzene rings is 1. The molecular weight excluding hydrogens is 305 g/mol. The molecule has 9 heteroatoms. The molecule has 1 aromatic carbocycles. The van der Waals surface area contributed by atoms with Crippen LogP contribution in [0, 0.1) is 0 Å². The first-order valence-electron chi connectivity index (χ1n) is 5.89. The number of carboxylic acids is 1. The van der Waals surface area contributed by atoms with E-state index in [0.717, 1.165) is 4.90 Å². The third-order valence-electron chi connectivity index (χ3n) is 3.21. The Bertz CT molecular complexity index is 702. The van der Waals surface area contributed by atoms with Crippen molar-refractivity contribution in [3.63, 3.8) is 0 Å². The van der Waals surface area contributed by atoms with Crippen molar-refractivity contribution in [3.05, 3.63) is 23.8 Å². The van der Waals surface area contributed by atoms with Gasteiger partial charge in [0, 0.05) is 13.0 Å². The van der Waals surface area contributed by atoms with Crippen molar-refractivity contribution in [3.8, 4) is 5.75 Å². The first kappa shape index (κ1) is 15.2. The minimum absolute atomic E-state index is 0.0134. The van der Waals surface area contributed by atoms with E-state index >= 15 is 0 Å². The number of ether oxygens (including phenoxy) is 1. The van der Waals surface area contributed by atoms with Crippen molar-refractivity contribution in [1.29, 1.82) is 0 Å². The summed E-state index contributed by atoms with van der Waals surface area (Å²) in [6.07, 6.45) is -0.510. The molecule has 1 unspecified atom stereocenters. The summed E-state index contributed by atoms with van der Waals surface area (Å²) >= 11 is 0. The molecule has 1 saturated heterocycles. The first-order valence-corrected chi connectivity index (χ1v) is 7.34. The molecule has 0 aromatic heterocycles. The smallest absolute Gasteiger partial charge is 0.337 e. The Kier molecular flexibility index (Phi) is 3.86. The Balaban J connectivity index is 2.43. The predicted molar refractivity (Wildman–Crippen MR) is 70.7 cm³/mol. The maximum absolute atomic E-state index is 13.0. The Morgan fingerprint density at radius 3 is 2.62 bits per heavy atom. The zero-order valence-electron chi connectivity index (χ0n) is 10.9. The van der Waals surface area contributed by atoms with Crippen molar-refractivity contribution >= 4 is 27.8 Å². The number of hydrogen-bond acceptors (Lipinski definition) is 5. The molecule has 0 saturated carbocycles. The largest absolute Gasteiger partial charge is 0.497 e. The van der Waals surface area contributed by atoms with Gasteiger partial charge in [0.25, 0.3) is 0 Å². The molecule has 1 amide bonds. The second-order valence-corrected chi connectivity index (χ2v) is 6.11. The molecule has 0 aliphatic carbocycles. The van der Waals surface area contributed by atoms with Gasteiger partial charge in [0.2, 0.25) is 5.91 Å². The Hall–Kier alpha value is -2.16. The van der Waals surface area contributed by atoms with Gasteiger partial charge in [-0.25, -0.2) is 4.79 Å². The van der Waals surface area contributed by atoms with E-state index < -0.39 is 40.3 Å². The van der Waals surface area contributed by atoms with Crippen LogP contribution in [0.3, 0.4) is 0 Å². The van der Waals surface area contributed by atoms with Gasteiger partial charge in [-0.05, 0) is 18.2 Å². The highest BCUT2D eigenvalue weighted by Crippen LogP contribution is 2.31. The molecule has 1 atom stereocenters. The number of halogens is 1. The Labute approximate surface area is 120 Å². The molecule has 21 heavy (non-hydrogen) atoms. The lowest BCUT2D eigenvalue weighted by atomic mass is 10.1. The highest BCUT2D eigenvalue weighted by Gasteiger charge is 2.40. The average Bonchev–Trinajstić information content (AvgIpc) is 2.80. The fourth-order valence-corrected chi connectivity index (χ4v) is 2.81. The quantitative estimate of drug-likeness (QED) is 0.824. The number of carboxylic acid groups (broad SMARTS) is 1. The standard InChI is InChI=1S/C12H12FNO6S/c1-20-7-2-3-10(9(4-7)12(16)17)14-6-8(5-11(14)15)21(13,18)19/h2-4,8H,5-6H2,1H3,(H,16,17). The number of carbonyl (C=O) groups excluding carboxylic acids is 1. The van der Waals surface area contributed by atoms with E-state index in [1.807, 2.05) is 0 Å². The van der Waals surface area contributed by atoms with Crippen molar-refractivity contribution in [2.24, 2.45) is 0 Å². The topological polar surface area (TPSA) is 101 Å².